The number of hydrogen-bond donors (Lipinski definition) is 0. The quantitative estimate of drug-likeness (QED) is 0.571. The molecule has 0 aromatic rings. The van der Waals surface area contributed by atoms with Crippen molar-refractivity contribution in [2.45, 2.75) is 32.7 Å². The average Bonchev–Trinajstić information content (AvgIpc) is 2.05. The molecule has 62 valence electrons. The Balaban J connectivity index is 2.41. The highest BCUT2D eigenvalue weighted by molar-refractivity contribution is 4.88. The zero-order valence-electron chi connectivity index (χ0n) is 7.38. The molecule has 0 bridgehead atoms. The SMILES string of the molecule is CC(C)N1CCCC(C#N)C1. The van der Waals surface area contributed by atoms with Gasteiger partial charge in [0.15, 0.2) is 0 Å². The van der Waals surface area contributed by atoms with Gasteiger partial charge < -0.3 is 0 Å². The van der Waals surface area contributed by atoms with Crippen LogP contribution < -0.4 is 0 Å². The minimum atomic E-state index is 0.283. The molecule has 2 nitrogen and oxygen atoms in total. The largest absolute Gasteiger partial charge is 0.300 e. The highest BCUT2D eigenvalue weighted by atomic mass is 15.1. The molecule has 2 heteroatoms. The van der Waals surface area contributed by atoms with Crippen molar-refractivity contribution < 1.29 is 0 Å². The van der Waals surface area contributed by atoms with Crippen molar-refractivity contribution in [3.8, 4) is 6.07 Å². The lowest BCUT2D eigenvalue weighted by Gasteiger charge is -2.32. The molecule has 0 radical (unpaired) electrons. The van der Waals surface area contributed by atoms with E-state index in [-0.39, 0.29) is 5.92 Å². The first-order chi connectivity index (χ1) is 5.24. The molecule has 0 amide bonds. The normalized spacial score (nSPS) is 26.9. The smallest absolute Gasteiger partial charge is 0.0669 e. The Kier molecular flexibility index (Phi) is 2.90. The summed E-state index contributed by atoms with van der Waals surface area (Å²) in [5.74, 6) is 0.283. The average molecular weight is 152 g/mol. The number of rotatable bonds is 1. The van der Waals surface area contributed by atoms with Gasteiger partial charge in [-0.25, -0.2) is 0 Å². The summed E-state index contributed by atoms with van der Waals surface area (Å²) in [4.78, 5) is 2.39. The van der Waals surface area contributed by atoms with Crippen LogP contribution >= 0.6 is 0 Å². The third kappa shape index (κ3) is 2.20. The van der Waals surface area contributed by atoms with Crippen LogP contribution in [0.4, 0.5) is 0 Å². The molecule has 0 spiro atoms. The molecule has 0 N–H and O–H groups in total. The molecular formula is C9H16N2. The molecule has 1 unspecified atom stereocenters. The van der Waals surface area contributed by atoms with Crippen LogP contribution in [-0.2, 0) is 0 Å². The Bertz CT molecular complexity index is 157. The third-order valence-electron chi connectivity index (χ3n) is 2.37. The van der Waals surface area contributed by atoms with Gasteiger partial charge in [0.05, 0.1) is 12.0 Å². The maximum atomic E-state index is 8.71. The van der Waals surface area contributed by atoms with Crippen molar-refractivity contribution in [2.24, 2.45) is 5.92 Å². The first kappa shape index (κ1) is 8.55. The second-order valence-corrected chi connectivity index (χ2v) is 3.56. The summed E-state index contributed by atoms with van der Waals surface area (Å²) >= 11 is 0. The highest BCUT2D eigenvalue weighted by Crippen LogP contribution is 2.16. The van der Waals surface area contributed by atoms with E-state index in [1.54, 1.807) is 0 Å². The molecule has 0 aromatic heterocycles. The van der Waals surface area contributed by atoms with E-state index in [9.17, 15) is 0 Å². The Labute approximate surface area is 68.8 Å². The molecule has 1 aliphatic rings. The van der Waals surface area contributed by atoms with E-state index in [0.717, 1.165) is 13.0 Å². The summed E-state index contributed by atoms with van der Waals surface area (Å²) < 4.78 is 0. The van der Waals surface area contributed by atoms with Crippen LogP contribution in [0.15, 0.2) is 0 Å². The van der Waals surface area contributed by atoms with Gasteiger partial charge in [-0.1, -0.05) is 0 Å². The Morgan fingerprint density at radius 3 is 2.82 bits per heavy atom. The van der Waals surface area contributed by atoms with Crippen LogP contribution in [0.2, 0.25) is 0 Å². The van der Waals surface area contributed by atoms with E-state index in [2.05, 4.69) is 24.8 Å². The topological polar surface area (TPSA) is 27.0 Å². The van der Waals surface area contributed by atoms with E-state index < -0.39 is 0 Å². The first-order valence-electron chi connectivity index (χ1n) is 4.37. The summed E-state index contributed by atoms with van der Waals surface area (Å²) in [5, 5.41) is 8.71. The number of hydrogen-bond acceptors (Lipinski definition) is 2. The van der Waals surface area contributed by atoms with Crippen LogP contribution in [0.3, 0.4) is 0 Å². The highest BCUT2D eigenvalue weighted by Gasteiger charge is 2.20. The first-order valence-corrected chi connectivity index (χ1v) is 4.37. The Morgan fingerprint density at radius 1 is 1.55 bits per heavy atom. The maximum Gasteiger partial charge on any atom is 0.0669 e. The Hall–Kier alpha value is -0.550. The van der Waals surface area contributed by atoms with Crippen molar-refractivity contribution in [2.75, 3.05) is 13.1 Å². The number of piperidine rings is 1. The maximum absolute atomic E-state index is 8.71. The van der Waals surface area contributed by atoms with Gasteiger partial charge in [-0.3, -0.25) is 4.90 Å². The molecular weight excluding hydrogens is 136 g/mol. The van der Waals surface area contributed by atoms with Crippen LogP contribution in [0.1, 0.15) is 26.7 Å². The van der Waals surface area contributed by atoms with Gasteiger partial charge in [0, 0.05) is 12.6 Å². The van der Waals surface area contributed by atoms with Gasteiger partial charge >= 0.3 is 0 Å². The summed E-state index contributed by atoms with van der Waals surface area (Å²) in [5.41, 5.74) is 0. The van der Waals surface area contributed by atoms with Crippen molar-refractivity contribution in [3.63, 3.8) is 0 Å². The van der Waals surface area contributed by atoms with Crippen molar-refractivity contribution in [3.05, 3.63) is 0 Å². The summed E-state index contributed by atoms with van der Waals surface area (Å²) in [6, 6.07) is 2.95. The zero-order valence-corrected chi connectivity index (χ0v) is 7.38. The van der Waals surface area contributed by atoms with Gasteiger partial charge in [-0.15, -0.1) is 0 Å². The number of nitrogens with zero attached hydrogens (tertiary/aromatic N) is 2. The summed E-state index contributed by atoms with van der Waals surface area (Å²) in [6.45, 7) is 6.55. The van der Waals surface area contributed by atoms with Crippen LogP contribution in [0.5, 0.6) is 0 Å². The molecule has 1 fully saturated rings. The molecule has 1 atom stereocenters. The predicted octanol–water partition coefficient (Wildman–Crippen LogP) is 1.63. The fraction of sp³-hybridized carbons (Fsp3) is 0.889. The molecule has 1 rings (SSSR count). The van der Waals surface area contributed by atoms with Gasteiger partial charge in [0.1, 0.15) is 0 Å². The molecule has 1 aliphatic heterocycles. The lowest BCUT2D eigenvalue weighted by atomic mass is 9.99. The van der Waals surface area contributed by atoms with E-state index in [1.165, 1.54) is 13.0 Å². The second-order valence-electron chi connectivity index (χ2n) is 3.56. The molecule has 0 aromatic carbocycles. The van der Waals surface area contributed by atoms with Gasteiger partial charge in [-0.05, 0) is 33.2 Å². The van der Waals surface area contributed by atoms with Crippen LogP contribution in [0, 0.1) is 17.2 Å². The van der Waals surface area contributed by atoms with Crippen LogP contribution in [-0.4, -0.2) is 24.0 Å². The van der Waals surface area contributed by atoms with Crippen LogP contribution in [0.25, 0.3) is 0 Å². The lowest BCUT2D eigenvalue weighted by molar-refractivity contribution is 0.160. The number of likely N-dealkylation sites (tertiary alicyclic amines) is 1. The molecule has 0 aliphatic carbocycles. The number of nitriles is 1. The van der Waals surface area contributed by atoms with Crippen molar-refractivity contribution in [1.29, 1.82) is 5.26 Å². The molecule has 11 heavy (non-hydrogen) atoms. The second kappa shape index (κ2) is 3.73. The van der Waals surface area contributed by atoms with E-state index in [0.29, 0.717) is 6.04 Å². The Morgan fingerprint density at radius 2 is 2.27 bits per heavy atom. The summed E-state index contributed by atoms with van der Waals surface area (Å²) in [6.07, 6.45) is 2.29. The molecule has 0 saturated carbocycles. The minimum Gasteiger partial charge on any atom is -0.300 e. The lowest BCUT2D eigenvalue weighted by Crippen LogP contribution is -2.39. The van der Waals surface area contributed by atoms with Gasteiger partial charge in [-0.2, -0.15) is 5.26 Å². The predicted molar refractivity (Wildman–Crippen MR) is 45.0 cm³/mol. The fourth-order valence-electron chi connectivity index (χ4n) is 1.58. The minimum absolute atomic E-state index is 0.283. The zero-order chi connectivity index (χ0) is 8.27. The van der Waals surface area contributed by atoms with Gasteiger partial charge in [0.25, 0.3) is 0 Å². The molecule has 1 saturated heterocycles. The monoisotopic (exact) mass is 152 g/mol. The van der Waals surface area contributed by atoms with E-state index >= 15 is 0 Å². The van der Waals surface area contributed by atoms with Crippen molar-refractivity contribution >= 4 is 0 Å². The van der Waals surface area contributed by atoms with E-state index in [1.807, 2.05) is 0 Å². The third-order valence-corrected chi connectivity index (χ3v) is 2.37. The van der Waals surface area contributed by atoms with Crippen molar-refractivity contribution in [1.82, 2.24) is 4.90 Å². The molecule has 1 heterocycles. The van der Waals surface area contributed by atoms with Gasteiger partial charge in [0.2, 0.25) is 0 Å². The standard InChI is InChI=1S/C9H16N2/c1-8(2)11-5-3-4-9(6-10)7-11/h8-9H,3-5,7H2,1-2H3. The fourth-order valence-corrected chi connectivity index (χ4v) is 1.58. The summed E-state index contributed by atoms with van der Waals surface area (Å²) in [7, 11) is 0. The van der Waals surface area contributed by atoms with E-state index in [4.69, 9.17) is 5.26 Å².